The summed E-state index contributed by atoms with van der Waals surface area (Å²) in [6, 6.07) is 8.17. The molecule has 20 heavy (non-hydrogen) atoms. The molecule has 2 unspecified atom stereocenters. The molecule has 0 bridgehead atoms. The smallest absolute Gasteiger partial charge is 0.235 e. The predicted molar refractivity (Wildman–Crippen MR) is 87.8 cm³/mol. The molecule has 0 N–H and O–H groups in total. The summed E-state index contributed by atoms with van der Waals surface area (Å²) in [5, 5.41) is 0.419. The van der Waals surface area contributed by atoms with E-state index in [9.17, 15) is 4.79 Å². The van der Waals surface area contributed by atoms with E-state index >= 15 is 0 Å². The minimum atomic E-state index is 0.0506. The molecule has 0 radical (unpaired) electrons. The number of hydrogen-bond donors (Lipinski definition) is 0. The summed E-state index contributed by atoms with van der Waals surface area (Å²) < 4.78 is 5.19. The van der Waals surface area contributed by atoms with E-state index in [-0.39, 0.29) is 11.2 Å². The summed E-state index contributed by atoms with van der Waals surface area (Å²) in [6.07, 6.45) is 1.99. The van der Waals surface area contributed by atoms with Crippen molar-refractivity contribution in [3.05, 3.63) is 29.8 Å². The second-order valence-electron chi connectivity index (χ2n) is 4.79. The van der Waals surface area contributed by atoms with Crippen molar-refractivity contribution in [3.63, 3.8) is 0 Å². The van der Waals surface area contributed by atoms with Crippen molar-refractivity contribution >= 4 is 29.4 Å². The van der Waals surface area contributed by atoms with Crippen molar-refractivity contribution in [2.45, 2.75) is 17.4 Å². The Bertz CT molecular complexity index is 450. The summed E-state index contributed by atoms with van der Waals surface area (Å²) in [5.41, 5.74) is 1.27. The standard InChI is InChI=1S/C15H21NO2S2/c1-11(19-3)15(17)16-8-9-20-14(10-16)12-4-6-13(18-2)7-5-12/h4-7,11,14H,8-10H2,1-3H3. The number of carbonyl (C=O) groups excluding carboxylic acids is 1. The van der Waals surface area contributed by atoms with Crippen LogP contribution in [0.5, 0.6) is 5.75 Å². The van der Waals surface area contributed by atoms with Crippen LogP contribution in [0, 0.1) is 0 Å². The van der Waals surface area contributed by atoms with Gasteiger partial charge in [-0.2, -0.15) is 23.5 Å². The molecule has 2 rings (SSSR count). The molecule has 1 fully saturated rings. The lowest BCUT2D eigenvalue weighted by Gasteiger charge is -2.34. The molecule has 1 amide bonds. The first-order valence-corrected chi connectivity index (χ1v) is 9.06. The van der Waals surface area contributed by atoms with Crippen molar-refractivity contribution < 1.29 is 9.53 Å². The molecule has 0 aromatic heterocycles. The zero-order chi connectivity index (χ0) is 14.5. The molecule has 5 heteroatoms. The van der Waals surface area contributed by atoms with Crippen molar-refractivity contribution in [2.75, 3.05) is 32.2 Å². The van der Waals surface area contributed by atoms with Crippen LogP contribution in [-0.4, -0.2) is 48.3 Å². The Morgan fingerprint density at radius 2 is 2.15 bits per heavy atom. The third-order valence-electron chi connectivity index (χ3n) is 3.57. The number of benzene rings is 1. The van der Waals surface area contributed by atoms with Crippen LogP contribution in [0.1, 0.15) is 17.7 Å². The van der Waals surface area contributed by atoms with Crippen molar-refractivity contribution in [1.29, 1.82) is 0 Å². The van der Waals surface area contributed by atoms with Crippen LogP contribution >= 0.6 is 23.5 Å². The lowest BCUT2D eigenvalue weighted by atomic mass is 10.1. The summed E-state index contributed by atoms with van der Waals surface area (Å²) in [6.45, 7) is 3.65. The molecule has 1 heterocycles. The Balaban J connectivity index is 2.04. The highest BCUT2D eigenvalue weighted by Gasteiger charge is 2.27. The van der Waals surface area contributed by atoms with Crippen LogP contribution in [0.15, 0.2) is 24.3 Å². The quantitative estimate of drug-likeness (QED) is 0.855. The monoisotopic (exact) mass is 311 g/mol. The molecular weight excluding hydrogens is 290 g/mol. The number of carbonyl (C=O) groups is 1. The number of methoxy groups -OCH3 is 1. The average Bonchev–Trinajstić information content (AvgIpc) is 2.53. The fraction of sp³-hybridized carbons (Fsp3) is 0.533. The van der Waals surface area contributed by atoms with Gasteiger partial charge in [-0.3, -0.25) is 4.79 Å². The average molecular weight is 311 g/mol. The lowest BCUT2D eigenvalue weighted by molar-refractivity contribution is -0.130. The molecule has 3 nitrogen and oxygen atoms in total. The minimum Gasteiger partial charge on any atom is -0.497 e. The van der Waals surface area contributed by atoms with E-state index in [4.69, 9.17) is 4.74 Å². The van der Waals surface area contributed by atoms with E-state index in [2.05, 4.69) is 12.1 Å². The van der Waals surface area contributed by atoms with Gasteiger partial charge in [-0.15, -0.1) is 0 Å². The van der Waals surface area contributed by atoms with Gasteiger partial charge in [-0.05, 0) is 30.9 Å². The maximum absolute atomic E-state index is 12.3. The fourth-order valence-corrected chi connectivity index (χ4v) is 3.82. The topological polar surface area (TPSA) is 29.5 Å². The molecule has 1 aromatic rings. The van der Waals surface area contributed by atoms with Crippen LogP contribution in [0.4, 0.5) is 0 Å². The third kappa shape index (κ3) is 3.64. The SMILES string of the molecule is COc1ccc(C2CN(C(=O)C(C)SC)CCS2)cc1. The molecule has 1 saturated heterocycles. The van der Waals surface area contributed by atoms with E-state index in [0.29, 0.717) is 5.25 Å². The van der Waals surface area contributed by atoms with Gasteiger partial charge in [-0.1, -0.05) is 12.1 Å². The summed E-state index contributed by atoms with van der Waals surface area (Å²) >= 11 is 3.54. The second-order valence-corrected chi connectivity index (χ2v) is 7.28. The minimum absolute atomic E-state index is 0.0506. The molecule has 1 aliphatic heterocycles. The Labute approximate surface area is 129 Å². The van der Waals surface area contributed by atoms with Gasteiger partial charge in [0.1, 0.15) is 5.75 Å². The molecule has 2 atom stereocenters. The van der Waals surface area contributed by atoms with Gasteiger partial charge in [0.25, 0.3) is 0 Å². The third-order valence-corrected chi connectivity index (χ3v) is 5.72. The number of nitrogens with zero attached hydrogens (tertiary/aromatic N) is 1. The number of thioether (sulfide) groups is 2. The zero-order valence-electron chi connectivity index (χ0n) is 12.2. The van der Waals surface area contributed by atoms with Gasteiger partial charge in [0.05, 0.1) is 12.4 Å². The van der Waals surface area contributed by atoms with Gasteiger partial charge in [-0.25, -0.2) is 0 Å². The van der Waals surface area contributed by atoms with E-state index in [0.717, 1.165) is 24.6 Å². The molecular formula is C15H21NO2S2. The Hall–Kier alpha value is -0.810. The van der Waals surface area contributed by atoms with Crippen LogP contribution in [0.25, 0.3) is 0 Å². The van der Waals surface area contributed by atoms with E-state index in [1.165, 1.54) is 5.56 Å². The highest BCUT2D eigenvalue weighted by Crippen LogP contribution is 2.34. The van der Waals surface area contributed by atoms with Crippen LogP contribution in [0.2, 0.25) is 0 Å². The predicted octanol–water partition coefficient (Wildman–Crippen LogP) is 3.06. The van der Waals surface area contributed by atoms with Gasteiger partial charge < -0.3 is 9.64 Å². The van der Waals surface area contributed by atoms with Crippen molar-refractivity contribution in [2.24, 2.45) is 0 Å². The molecule has 0 saturated carbocycles. The molecule has 1 aromatic carbocycles. The van der Waals surface area contributed by atoms with Gasteiger partial charge in [0, 0.05) is 24.1 Å². The largest absolute Gasteiger partial charge is 0.497 e. The Morgan fingerprint density at radius 1 is 1.45 bits per heavy atom. The number of amides is 1. The highest BCUT2D eigenvalue weighted by molar-refractivity contribution is 8.00. The van der Waals surface area contributed by atoms with Gasteiger partial charge in [0.15, 0.2) is 0 Å². The highest BCUT2D eigenvalue weighted by atomic mass is 32.2. The zero-order valence-corrected chi connectivity index (χ0v) is 13.8. The first-order chi connectivity index (χ1) is 9.65. The normalized spacial score (nSPS) is 20.6. The Morgan fingerprint density at radius 3 is 2.75 bits per heavy atom. The number of ether oxygens (including phenoxy) is 1. The lowest BCUT2D eigenvalue weighted by Crippen LogP contribution is -2.42. The van der Waals surface area contributed by atoms with E-state index < -0.39 is 0 Å². The maximum Gasteiger partial charge on any atom is 0.235 e. The van der Waals surface area contributed by atoms with Gasteiger partial charge >= 0.3 is 0 Å². The van der Waals surface area contributed by atoms with Crippen LogP contribution < -0.4 is 4.74 Å². The number of rotatable bonds is 4. The van der Waals surface area contributed by atoms with Gasteiger partial charge in [0.2, 0.25) is 5.91 Å². The summed E-state index contributed by atoms with van der Waals surface area (Å²) in [4.78, 5) is 14.3. The van der Waals surface area contributed by atoms with E-state index in [1.807, 2.05) is 42.0 Å². The first-order valence-electron chi connectivity index (χ1n) is 6.73. The fourth-order valence-electron chi connectivity index (χ4n) is 2.23. The maximum atomic E-state index is 12.3. The summed E-state index contributed by atoms with van der Waals surface area (Å²) in [5.74, 6) is 2.14. The molecule has 110 valence electrons. The number of hydrogen-bond acceptors (Lipinski definition) is 4. The molecule has 0 aliphatic carbocycles. The van der Waals surface area contributed by atoms with Crippen LogP contribution in [0.3, 0.4) is 0 Å². The van der Waals surface area contributed by atoms with E-state index in [1.54, 1.807) is 18.9 Å². The van der Waals surface area contributed by atoms with Crippen LogP contribution in [-0.2, 0) is 4.79 Å². The Kier molecular flexibility index (Phi) is 5.66. The molecule has 1 aliphatic rings. The van der Waals surface area contributed by atoms with Crippen molar-refractivity contribution in [1.82, 2.24) is 4.90 Å². The second kappa shape index (κ2) is 7.27. The van der Waals surface area contributed by atoms with Crippen molar-refractivity contribution in [3.8, 4) is 5.75 Å². The summed E-state index contributed by atoms with van der Waals surface area (Å²) in [7, 11) is 1.68. The molecule has 0 spiro atoms. The first kappa shape index (κ1) is 15.6.